The van der Waals surface area contributed by atoms with Crippen molar-refractivity contribution in [2.24, 2.45) is 0 Å². The fourth-order valence-corrected chi connectivity index (χ4v) is 1.92. The summed E-state index contributed by atoms with van der Waals surface area (Å²) in [6.07, 6.45) is 1.69. The molecule has 0 aromatic carbocycles. The SMILES string of the molecule is CCN(CC)CCOC1CCN(C)C1. The second kappa shape index (κ2) is 6.38. The Morgan fingerprint density at radius 1 is 1.36 bits per heavy atom. The van der Waals surface area contributed by atoms with Crippen LogP contribution in [0.1, 0.15) is 20.3 Å². The lowest BCUT2D eigenvalue weighted by molar-refractivity contribution is 0.0459. The quantitative estimate of drug-likeness (QED) is 0.637. The topological polar surface area (TPSA) is 15.7 Å². The monoisotopic (exact) mass is 200 g/mol. The summed E-state index contributed by atoms with van der Waals surface area (Å²) in [5.74, 6) is 0. The van der Waals surface area contributed by atoms with Crippen molar-refractivity contribution in [1.29, 1.82) is 0 Å². The molecular weight excluding hydrogens is 176 g/mol. The fourth-order valence-electron chi connectivity index (χ4n) is 1.92. The van der Waals surface area contributed by atoms with Crippen LogP contribution in [0.5, 0.6) is 0 Å². The smallest absolute Gasteiger partial charge is 0.0714 e. The highest BCUT2D eigenvalue weighted by Gasteiger charge is 2.19. The molecule has 0 bridgehead atoms. The molecule has 3 heteroatoms. The first-order chi connectivity index (χ1) is 6.76. The molecule has 3 nitrogen and oxygen atoms in total. The molecule has 1 saturated heterocycles. The van der Waals surface area contributed by atoms with Crippen LogP contribution in [-0.2, 0) is 4.74 Å². The van der Waals surface area contributed by atoms with Gasteiger partial charge < -0.3 is 14.5 Å². The van der Waals surface area contributed by atoms with E-state index in [1.165, 1.54) is 13.0 Å². The van der Waals surface area contributed by atoms with Gasteiger partial charge in [-0.15, -0.1) is 0 Å². The number of hydrogen-bond acceptors (Lipinski definition) is 3. The molecule has 1 unspecified atom stereocenters. The minimum Gasteiger partial charge on any atom is -0.376 e. The average Bonchev–Trinajstić information content (AvgIpc) is 2.59. The van der Waals surface area contributed by atoms with E-state index < -0.39 is 0 Å². The lowest BCUT2D eigenvalue weighted by Crippen LogP contribution is -2.29. The first-order valence-corrected chi connectivity index (χ1v) is 5.78. The van der Waals surface area contributed by atoms with Crippen LogP contribution in [0.15, 0.2) is 0 Å². The van der Waals surface area contributed by atoms with Crippen LogP contribution in [0.4, 0.5) is 0 Å². The molecule has 0 aliphatic carbocycles. The average molecular weight is 200 g/mol. The summed E-state index contributed by atoms with van der Waals surface area (Å²) in [5, 5.41) is 0. The third-order valence-corrected chi connectivity index (χ3v) is 3.00. The Morgan fingerprint density at radius 2 is 2.07 bits per heavy atom. The lowest BCUT2D eigenvalue weighted by Gasteiger charge is -2.19. The number of likely N-dealkylation sites (tertiary alicyclic amines) is 1. The van der Waals surface area contributed by atoms with E-state index in [2.05, 4.69) is 30.7 Å². The van der Waals surface area contributed by atoms with Gasteiger partial charge in [0.25, 0.3) is 0 Å². The number of hydrogen-bond donors (Lipinski definition) is 0. The van der Waals surface area contributed by atoms with Gasteiger partial charge in [-0.2, -0.15) is 0 Å². The van der Waals surface area contributed by atoms with E-state index in [-0.39, 0.29) is 0 Å². The van der Waals surface area contributed by atoms with Gasteiger partial charge in [-0.3, -0.25) is 0 Å². The number of nitrogens with zero attached hydrogens (tertiary/aromatic N) is 2. The number of ether oxygens (including phenoxy) is 1. The summed E-state index contributed by atoms with van der Waals surface area (Å²) in [6, 6.07) is 0. The van der Waals surface area contributed by atoms with Crippen LogP contribution in [0.3, 0.4) is 0 Å². The van der Waals surface area contributed by atoms with Crippen LogP contribution in [-0.4, -0.2) is 62.3 Å². The van der Waals surface area contributed by atoms with Gasteiger partial charge in [0.05, 0.1) is 12.7 Å². The molecule has 1 fully saturated rings. The van der Waals surface area contributed by atoms with Gasteiger partial charge in [-0.1, -0.05) is 13.8 Å². The Hall–Kier alpha value is -0.120. The Bertz CT molecular complexity index is 148. The molecule has 1 aliphatic rings. The highest BCUT2D eigenvalue weighted by atomic mass is 16.5. The van der Waals surface area contributed by atoms with Crippen molar-refractivity contribution in [3.63, 3.8) is 0 Å². The maximum Gasteiger partial charge on any atom is 0.0714 e. The van der Waals surface area contributed by atoms with Crippen molar-refractivity contribution in [3.05, 3.63) is 0 Å². The molecule has 0 spiro atoms. The molecular formula is C11H24N2O. The van der Waals surface area contributed by atoms with Crippen LogP contribution in [0, 0.1) is 0 Å². The second-order valence-corrected chi connectivity index (χ2v) is 4.07. The normalized spacial score (nSPS) is 23.6. The van der Waals surface area contributed by atoms with Gasteiger partial charge in [0.1, 0.15) is 0 Å². The van der Waals surface area contributed by atoms with Gasteiger partial charge in [0.2, 0.25) is 0 Å². The predicted octanol–water partition coefficient (Wildman–Crippen LogP) is 1.05. The summed E-state index contributed by atoms with van der Waals surface area (Å²) in [7, 11) is 2.16. The predicted molar refractivity (Wildman–Crippen MR) is 59.6 cm³/mol. The minimum absolute atomic E-state index is 0.482. The van der Waals surface area contributed by atoms with Gasteiger partial charge in [0.15, 0.2) is 0 Å². The fraction of sp³-hybridized carbons (Fsp3) is 1.00. The molecule has 0 aromatic heterocycles. The van der Waals surface area contributed by atoms with Crippen molar-refractivity contribution in [2.75, 3.05) is 46.4 Å². The van der Waals surface area contributed by atoms with Gasteiger partial charge in [-0.25, -0.2) is 0 Å². The Kier molecular flexibility index (Phi) is 5.45. The first-order valence-electron chi connectivity index (χ1n) is 5.78. The van der Waals surface area contributed by atoms with Gasteiger partial charge in [-0.05, 0) is 26.6 Å². The van der Waals surface area contributed by atoms with Crippen molar-refractivity contribution in [2.45, 2.75) is 26.4 Å². The van der Waals surface area contributed by atoms with Gasteiger partial charge >= 0.3 is 0 Å². The summed E-state index contributed by atoms with van der Waals surface area (Å²) in [6.45, 7) is 10.9. The molecule has 0 saturated carbocycles. The Balaban J connectivity index is 2.03. The number of rotatable bonds is 6. The second-order valence-electron chi connectivity index (χ2n) is 4.07. The maximum absolute atomic E-state index is 5.82. The Labute approximate surface area is 88.0 Å². The zero-order valence-corrected chi connectivity index (χ0v) is 9.83. The van der Waals surface area contributed by atoms with E-state index >= 15 is 0 Å². The van der Waals surface area contributed by atoms with Gasteiger partial charge in [0, 0.05) is 19.6 Å². The minimum atomic E-state index is 0.482. The summed E-state index contributed by atoms with van der Waals surface area (Å²) in [5.41, 5.74) is 0. The Morgan fingerprint density at radius 3 is 2.57 bits per heavy atom. The number of likely N-dealkylation sites (N-methyl/N-ethyl adjacent to an activating group) is 2. The highest BCUT2D eigenvalue weighted by Crippen LogP contribution is 2.09. The van der Waals surface area contributed by atoms with Crippen molar-refractivity contribution < 1.29 is 4.74 Å². The summed E-state index contributed by atoms with van der Waals surface area (Å²) < 4.78 is 5.82. The van der Waals surface area contributed by atoms with E-state index in [0.29, 0.717) is 6.10 Å². The molecule has 14 heavy (non-hydrogen) atoms. The summed E-state index contributed by atoms with van der Waals surface area (Å²) in [4.78, 5) is 4.74. The highest BCUT2D eigenvalue weighted by molar-refractivity contribution is 4.73. The van der Waals surface area contributed by atoms with Crippen LogP contribution >= 0.6 is 0 Å². The maximum atomic E-state index is 5.82. The molecule has 0 aromatic rings. The molecule has 1 atom stereocenters. The molecule has 1 aliphatic heterocycles. The molecule has 84 valence electrons. The first kappa shape index (κ1) is 12.0. The zero-order chi connectivity index (χ0) is 10.4. The standard InChI is InChI=1S/C11H24N2O/c1-4-13(5-2)8-9-14-11-6-7-12(3)10-11/h11H,4-10H2,1-3H3. The lowest BCUT2D eigenvalue weighted by atomic mass is 10.3. The summed E-state index contributed by atoms with van der Waals surface area (Å²) >= 11 is 0. The van der Waals surface area contributed by atoms with E-state index in [0.717, 1.165) is 32.8 Å². The molecule has 0 N–H and O–H groups in total. The third kappa shape index (κ3) is 3.95. The van der Waals surface area contributed by atoms with Crippen molar-refractivity contribution >= 4 is 0 Å². The molecule has 1 rings (SSSR count). The van der Waals surface area contributed by atoms with Crippen LogP contribution in [0.2, 0.25) is 0 Å². The largest absolute Gasteiger partial charge is 0.376 e. The molecule has 0 radical (unpaired) electrons. The van der Waals surface area contributed by atoms with Crippen molar-refractivity contribution in [1.82, 2.24) is 9.80 Å². The molecule has 0 amide bonds. The van der Waals surface area contributed by atoms with Crippen molar-refractivity contribution in [3.8, 4) is 0 Å². The third-order valence-electron chi connectivity index (χ3n) is 3.00. The molecule has 1 heterocycles. The van der Waals surface area contributed by atoms with E-state index in [1.54, 1.807) is 0 Å². The van der Waals surface area contributed by atoms with Crippen LogP contribution in [0.25, 0.3) is 0 Å². The van der Waals surface area contributed by atoms with E-state index in [9.17, 15) is 0 Å². The van der Waals surface area contributed by atoms with Crippen LogP contribution < -0.4 is 0 Å². The van der Waals surface area contributed by atoms with E-state index in [4.69, 9.17) is 4.74 Å². The van der Waals surface area contributed by atoms with E-state index in [1.807, 2.05) is 0 Å². The zero-order valence-electron chi connectivity index (χ0n) is 9.83.